The van der Waals surface area contributed by atoms with Crippen molar-refractivity contribution >= 4 is 16.7 Å². The lowest BCUT2D eigenvalue weighted by molar-refractivity contribution is 0.916. The third-order valence-corrected chi connectivity index (χ3v) is 5.00. The molecule has 0 amide bonds. The standard InChI is InChI=1S/C23H15N7/c1-2-7-16(8-3-1)21-27-23-26-14-11-19(30(23)28-21)20-15-17-9-4-5-10-18(17)29(20)22-24-12-6-13-25-22/h1-15H. The van der Waals surface area contributed by atoms with Crippen molar-refractivity contribution in [1.82, 2.24) is 34.1 Å². The minimum atomic E-state index is 0.539. The van der Waals surface area contributed by atoms with Crippen molar-refractivity contribution in [1.29, 1.82) is 0 Å². The highest BCUT2D eigenvalue weighted by Gasteiger charge is 2.18. The number of fused-ring (bicyclic) bond motifs is 2. The van der Waals surface area contributed by atoms with Crippen LogP contribution >= 0.6 is 0 Å². The highest BCUT2D eigenvalue weighted by Crippen LogP contribution is 2.30. The molecule has 0 spiro atoms. The molecule has 0 fully saturated rings. The molecule has 6 rings (SSSR count). The van der Waals surface area contributed by atoms with Gasteiger partial charge in [-0.3, -0.25) is 4.57 Å². The molecule has 0 saturated carbocycles. The van der Waals surface area contributed by atoms with Crippen LogP contribution in [-0.4, -0.2) is 34.1 Å². The van der Waals surface area contributed by atoms with Crippen molar-refractivity contribution in [2.24, 2.45) is 0 Å². The van der Waals surface area contributed by atoms with Gasteiger partial charge >= 0.3 is 0 Å². The fourth-order valence-corrected chi connectivity index (χ4v) is 3.66. The molecule has 0 aliphatic heterocycles. The van der Waals surface area contributed by atoms with Crippen molar-refractivity contribution in [3.63, 3.8) is 0 Å². The van der Waals surface area contributed by atoms with Gasteiger partial charge in [0.2, 0.25) is 5.95 Å². The lowest BCUT2D eigenvalue weighted by atomic mass is 10.2. The summed E-state index contributed by atoms with van der Waals surface area (Å²) in [4.78, 5) is 18.0. The summed E-state index contributed by atoms with van der Waals surface area (Å²) in [5.74, 6) is 1.77. The molecule has 0 bridgehead atoms. The van der Waals surface area contributed by atoms with Gasteiger partial charge in [-0.2, -0.15) is 9.50 Å². The van der Waals surface area contributed by atoms with Crippen molar-refractivity contribution < 1.29 is 0 Å². The zero-order valence-electron chi connectivity index (χ0n) is 15.8. The summed E-state index contributed by atoms with van der Waals surface area (Å²) >= 11 is 0. The van der Waals surface area contributed by atoms with Crippen molar-refractivity contribution in [2.45, 2.75) is 0 Å². The number of nitrogens with zero attached hydrogens (tertiary/aromatic N) is 7. The Kier molecular flexibility index (Phi) is 3.64. The van der Waals surface area contributed by atoms with Gasteiger partial charge < -0.3 is 0 Å². The molecule has 6 aromatic rings. The van der Waals surface area contributed by atoms with E-state index in [-0.39, 0.29) is 0 Å². The molecule has 30 heavy (non-hydrogen) atoms. The smallest absolute Gasteiger partial charge is 0.253 e. The quantitative estimate of drug-likeness (QED) is 0.454. The number of aromatic nitrogens is 7. The third kappa shape index (κ3) is 2.56. The Hall–Kier alpha value is -4.39. The maximum atomic E-state index is 4.75. The molecule has 7 heteroatoms. The van der Waals surface area contributed by atoms with E-state index in [1.807, 2.05) is 59.2 Å². The average Bonchev–Trinajstić information content (AvgIpc) is 3.42. The third-order valence-electron chi connectivity index (χ3n) is 5.00. The van der Waals surface area contributed by atoms with Gasteiger partial charge in [-0.05, 0) is 24.3 Å². The van der Waals surface area contributed by atoms with Crippen LogP contribution in [0.25, 0.3) is 45.4 Å². The molecule has 0 aliphatic carbocycles. The fourth-order valence-electron chi connectivity index (χ4n) is 3.66. The summed E-state index contributed by atoms with van der Waals surface area (Å²) in [5.41, 5.74) is 3.74. The van der Waals surface area contributed by atoms with E-state index in [0.717, 1.165) is 27.9 Å². The summed E-state index contributed by atoms with van der Waals surface area (Å²) in [6, 6.07) is 23.9. The molecule has 0 saturated heterocycles. The van der Waals surface area contributed by atoms with Gasteiger partial charge in [0.05, 0.1) is 16.9 Å². The van der Waals surface area contributed by atoms with Crippen LogP contribution in [0.1, 0.15) is 0 Å². The Labute approximate surface area is 171 Å². The first-order valence-electron chi connectivity index (χ1n) is 9.54. The molecule has 142 valence electrons. The highest BCUT2D eigenvalue weighted by atomic mass is 15.3. The van der Waals surface area contributed by atoms with Gasteiger partial charge in [-0.1, -0.05) is 48.5 Å². The molecular weight excluding hydrogens is 374 g/mol. The summed E-state index contributed by atoms with van der Waals surface area (Å²) in [5, 5.41) is 5.84. The second-order valence-electron chi connectivity index (χ2n) is 6.82. The molecule has 4 aromatic heterocycles. The van der Waals surface area contributed by atoms with Gasteiger partial charge in [0.15, 0.2) is 5.82 Å². The van der Waals surface area contributed by atoms with Crippen LogP contribution in [0.15, 0.2) is 91.4 Å². The van der Waals surface area contributed by atoms with E-state index < -0.39 is 0 Å². The SMILES string of the molecule is c1ccc(-c2nc3nccc(-c4cc5ccccc5n4-c4ncccn4)n3n2)cc1. The Balaban J connectivity index is 1.64. The van der Waals surface area contributed by atoms with Gasteiger partial charge in [0.25, 0.3) is 5.78 Å². The minimum absolute atomic E-state index is 0.539. The van der Waals surface area contributed by atoms with Crippen LogP contribution in [0.4, 0.5) is 0 Å². The van der Waals surface area contributed by atoms with E-state index >= 15 is 0 Å². The van der Waals surface area contributed by atoms with Gasteiger partial charge in [0, 0.05) is 29.5 Å². The van der Waals surface area contributed by atoms with Crippen LogP contribution in [-0.2, 0) is 0 Å². The molecule has 2 aromatic carbocycles. The number of benzene rings is 2. The van der Waals surface area contributed by atoms with Crippen LogP contribution < -0.4 is 0 Å². The zero-order valence-corrected chi connectivity index (χ0v) is 15.8. The fraction of sp³-hybridized carbons (Fsp3) is 0. The Morgan fingerprint density at radius 1 is 0.667 bits per heavy atom. The summed E-state index contributed by atoms with van der Waals surface area (Å²) < 4.78 is 3.81. The van der Waals surface area contributed by atoms with Gasteiger partial charge in [0.1, 0.15) is 0 Å². The first kappa shape index (κ1) is 16.6. The van der Waals surface area contributed by atoms with Crippen LogP contribution in [0.5, 0.6) is 0 Å². The molecule has 0 N–H and O–H groups in total. The van der Waals surface area contributed by atoms with Gasteiger partial charge in [-0.25, -0.2) is 15.0 Å². The largest absolute Gasteiger partial charge is 0.276 e. The van der Waals surface area contributed by atoms with E-state index in [9.17, 15) is 0 Å². The summed E-state index contributed by atoms with van der Waals surface area (Å²) in [6.45, 7) is 0. The predicted octanol–water partition coefficient (Wildman–Crippen LogP) is 4.19. The van der Waals surface area contributed by atoms with E-state index in [0.29, 0.717) is 17.6 Å². The predicted molar refractivity (Wildman–Crippen MR) is 114 cm³/mol. The average molecular weight is 389 g/mol. The first-order valence-corrected chi connectivity index (χ1v) is 9.54. The van der Waals surface area contributed by atoms with E-state index in [4.69, 9.17) is 5.10 Å². The molecule has 0 unspecified atom stereocenters. The Morgan fingerprint density at radius 2 is 1.47 bits per heavy atom. The van der Waals surface area contributed by atoms with Crippen LogP contribution in [0, 0.1) is 0 Å². The van der Waals surface area contributed by atoms with Crippen molar-refractivity contribution in [3.8, 4) is 28.7 Å². The summed E-state index contributed by atoms with van der Waals surface area (Å²) in [6.07, 6.45) is 5.24. The Morgan fingerprint density at radius 3 is 2.33 bits per heavy atom. The van der Waals surface area contributed by atoms with Crippen molar-refractivity contribution in [2.75, 3.05) is 0 Å². The van der Waals surface area contributed by atoms with Gasteiger partial charge in [-0.15, -0.1) is 5.10 Å². The topological polar surface area (TPSA) is 73.8 Å². The minimum Gasteiger partial charge on any atom is -0.276 e. The Bertz CT molecular complexity index is 1480. The second-order valence-corrected chi connectivity index (χ2v) is 6.82. The zero-order chi connectivity index (χ0) is 19.9. The van der Waals surface area contributed by atoms with Crippen molar-refractivity contribution in [3.05, 3.63) is 91.4 Å². The van der Waals surface area contributed by atoms with Crippen LogP contribution in [0.2, 0.25) is 0 Å². The summed E-state index contributed by atoms with van der Waals surface area (Å²) in [7, 11) is 0. The molecule has 0 atom stereocenters. The maximum Gasteiger partial charge on any atom is 0.253 e. The van der Waals surface area contributed by atoms with E-state index in [1.165, 1.54) is 0 Å². The van der Waals surface area contributed by atoms with E-state index in [1.54, 1.807) is 23.1 Å². The maximum absolute atomic E-state index is 4.75. The van der Waals surface area contributed by atoms with E-state index in [2.05, 4.69) is 38.1 Å². The number of para-hydroxylation sites is 1. The highest BCUT2D eigenvalue weighted by molar-refractivity contribution is 5.88. The molecule has 0 radical (unpaired) electrons. The second kappa shape index (κ2) is 6.59. The number of rotatable bonds is 3. The molecular formula is C23H15N7. The normalized spacial score (nSPS) is 11.3. The lowest BCUT2D eigenvalue weighted by Crippen LogP contribution is -2.05. The lowest BCUT2D eigenvalue weighted by Gasteiger charge is -2.09. The first-order chi connectivity index (χ1) is 14.9. The monoisotopic (exact) mass is 389 g/mol. The molecule has 0 aliphatic rings. The molecule has 4 heterocycles. The molecule has 7 nitrogen and oxygen atoms in total. The van der Waals surface area contributed by atoms with Crippen LogP contribution in [0.3, 0.4) is 0 Å². The number of hydrogen-bond donors (Lipinski definition) is 0. The number of hydrogen-bond acceptors (Lipinski definition) is 5.